The number of aryl methyl sites for hydroxylation is 1. The Hall–Kier alpha value is -2.37. The van der Waals surface area contributed by atoms with Crippen molar-refractivity contribution in [2.75, 3.05) is 50.8 Å². The van der Waals surface area contributed by atoms with Gasteiger partial charge in [0.05, 0.1) is 23.1 Å². The minimum Gasteiger partial charge on any atom is -0.487 e. The molecular formula is C40H56ClN3O6S. The van der Waals surface area contributed by atoms with Gasteiger partial charge in [-0.2, -0.15) is 0 Å². The van der Waals surface area contributed by atoms with E-state index < -0.39 is 26.8 Å². The van der Waals surface area contributed by atoms with Crippen LogP contribution in [-0.2, 0) is 27.8 Å². The standard InChI is InChI=1S/C40H56ClN3O6S/c1-28-6-5-14-40(46,26-43-19-15-39(16-20-43)17-21-49-27-39)35-12-9-32(35)24-44-18-4-3-7-30-22-34(41)11-8-33(30)25-50-37-13-10-31(23-36(37)44)38(45)42-51(47,48)29(28)2/h8,10-11,13,22-23,28-29,32,35,46H,3-7,9,12,14-21,24-27H2,1-2H3,(H,42,45)/t28-,29+,32-,35+,40-/m0/s1. The number of piperidine rings is 1. The van der Waals surface area contributed by atoms with Crippen molar-refractivity contribution < 1.29 is 27.8 Å². The Kier molecular flexibility index (Phi) is 11.0. The van der Waals surface area contributed by atoms with Gasteiger partial charge in [0.25, 0.3) is 5.91 Å². The smallest absolute Gasteiger partial charge is 0.264 e. The fourth-order valence-electron chi connectivity index (χ4n) is 9.41. The maximum atomic E-state index is 13.6. The Morgan fingerprint density at radius 1 is 0.961 bits per heavy atom. The molecule has 2 aromatic carbocycles. The second-order valence-electron chi connectivity index (χ2n) is 16.5. The average Bonchev–Trinajstić information content (AvgIpc) is 3.53. The number of halogens is 1. The lowest BCUT2D eigenvalue weighted by molar-refractivity contribution is -0.111. The maximum absolute atomic E-state index is 13.6. The van der Waals surface area contributed by atoms with Gasteiger partial charge in [-0.1, -0.05) is 31.0 Å². The molecule has 5 aliphatic rings. The van der Waals surface area contributed by atoms with Crippen LogP contribution in [0.4, 0.5) is 5.69 Å². The third kappa shape index (κ3) is 8.10. The van der Waals surface area contributed by atoms with Crippen LogP contribution < -0.4 is 14.4 Å². The number of carbonyl (C=O) groups excluding carboxylic acids is 1. The highest BCUT2D eigenvalue weighted by Crippen LogP contribution is 2.47. The van der Waals surface area contributed by atoms with E-state index in [0.29, 0.717) is 42.2 Å². The normalized spacial score (nSPS) is 31.7. The number of carbonyl (C=O) groups is 1. The highest BCUT2D eigenvalue weighted by molar-refractivity contribution is 7.90. The van der Waals surface area contributed by atoms with Crippen LogP contribution in [0.2, 0.25) is 5.02 Å². The Morgan fingerprint density at radius 3 is 2.53 bits per heavy atom. The van der Waals surface area contributed by atoms with Crippen molar-refractivity contribution in [2.24, 2.45) is 23.2 Å². The summed E-state index contributed by atoms with van der Waals surface area (Å²) < 4.78 is 41.8. The molecule has 5 atom stereocenters. The van der Waals surface area contributed by atoms with Crippen molar-refractivity contribution in [2.45, 2.75) is 102 Å². The van der Waals surface area contributed by atoms with Crippen molar-refractivity contribution in [3.05, 3.63) is 58.1 Å². The number of aliphatic hydroxyl groups is 1. The van der Waals surface area contributed by atoms with Crippen LogP contribution >= 0.6 is 11.6 Å². The topological polar surface area (TPSA) is 108 Å². The first kappa shape index (κ1) is 37.0. The predicted molar refractivity (Wildman–Crippen MR) is 201 cm³/mol. The van der Waals surface area contributed by atoms with Crippen molar-refractivity contribution in [3.8, 4) is 5.75 Å². The fraction of sp³-hybridized carbons (Fsp3) is 0.675. The summed E-state index contributed by atoms with van der Waals surface area (Å²) in [6.45, 7) is 9.78. The third-order valence-electron chi connectivity index (χ3n) is 13.2. The minimum atomic E-state index is -3.94. The van der Waals surface area contributed by atoms with E-state index in [-0.39, 0.29) is 23.3 Å². The number of nitrogens with one attached hydrogen (secondary N) is 1. The predicted octanol–water partition coefficient (Wildman–Crippen LogP) is 6.59. The molecule has 0 aromatic heterocycles. The number of anilines is 1. The van der Waals surface area contributed by atoms with Crippen molar-refractivity contribution in [1.29, 1.82) is 0 Å². The van der Waals surface area contributed by atoms with Crippen LogP contribution in [0.1, 0.15) is 99.5 Å². The van der Waals surface area contributed by atoms with Gasteiger partial charge in [-0.3, -0.25) is 4.79 Å². The number of ether oxygens (including phenoxy) is 2. The summed E-state index contributed by atoms with van der Waals surface area (Å²) in [6, 6.07) is 11.2. The zero-order valence-electron chi connectivity index (χ0n) is 30.4. The molecule has 1 aliphatic carbocycles. The van der Waals surface area contributed by atoms with Crippen molar-refractivity contribution in [3.63, 3.8) is 0 Å². The van der Waals surface area contributed by atoms with Gasteiger partial charge in [-0.15, -0.1) is 0 Å². The monoisotopic (exact) mass is 741 g/mol. The number of fused-ring (bicyclic) bond motifs is 3. The molecule has 7 rings (SSSR count). The molecule has 0 radical (unpaired) electrons. The number of rotatable bonds is 2. The van der Waals surface area contributed by atoms with Gasteiger partial charge >= 0.3 is 0 Å². The number of likely N-dealkylation sites (tertiary alicyclic amines) is 1. The van der Waals surface area contributed by atoms with Gasteiger partial charge in [-0.05, 0) is 149 Å². The van der Waals surface area contributed by atoms with E-state index >= 15 is 0 Å². The lowest BCUT2D eigenvalue weighted by atomic mass is 9.62. The SMILES string of the molecule is C[C@@H]1[C@@H](C)CCC[C@](O)(CN2CCC3(CCOC3)CC2)[C@@H]2CC[C@H]2CN2CCCCc3cc(Cl)ccc3COc3ccc(cc32)C(=O)NS1(=O)=O. The summed E-state index contributed by atoms with van der Waals surface area (Å²) in [5, 5.41) is 12.7. The number of nitrogens with zero attached hydrogens (tertiary/aromatic N) is 2. The lowest BCUT2D eigenvalue weighted by Gasteiger charge is -2.52. The summed E-state index contributed by atoms with van der Waals surface area (Å²) in [5.41, 5.74) is 2.77. The quantitative estimate of drug-likeness (QED) is 0.355. The number of amides is 1. The van der Waals surface area contributed by atoms with Crippen LogP contribution in [0.25, 0.3) is 0 Å². The molecular weight excluding hydrogens is 686 g/mol. The molecule has 280 valence electrons. The summed E-state index contributed by atoms with van der Waals surface area (Å²) in [5.74, 6) is 0.264. The fourth-order valence-corrected chi connectivity index (χ4v) is 10.9. The molecule has 4 aliphatic heterocycles. The maximum Gasteiger partial charge on any atom is 0.264 e. The minimum absolute atomic E-state index is 0.132. The number of hydrogen-bond acceptors (Lipinski definition) is 8. The Labute approximate surface area is 309 Å². The number of benzene rings is 2. The van der Waals surface area contributed by atoms with E-state index in [1.54, 1.807) is 25.1 Å². The lowest BCUT2D eigenvalue weighted by Crippen LogP contribution is -2.57. The molecule has 51 heavy (non-hydrogen) atoms. The van der Waals surface area contributed by atoms with Crippen LogP contribution in [0.3, 0.4) is 0 Å². The molecule has 1 saturated carbocycles. The van der Waals surface area contributed by atoms with Gasteiger partial charge in [0.2, 0.25) is 10.0 Å². The highest BCUT2D eigenvalue weighted by Gasteiger charge is 2.49. The molecule has 4 heterocycles. The molecule has 2 N–H and O–H groups in total. The van der Waals surface area contributed by atoms with E-state index in [1.165, 1.54) is 5.56 Å². The van der Waals surface area contributed by atoms with E-state index in [0.717, 1.165) is 108 Å². The molecule has 3 fully saturated rings. The highest BCUT2D eigenvalue weighted by atomic mass is 35.5. The van der Waals surface area contributed by atoms with Crippen LogP contribution in [0.15, 0.2) is 36.4 Å². The van der Waals surface area contributed by atoms with Crippen molar-refractivity contribution in [1.82, 2.24) is 9.62 Å². The molecule has 1 spiro atoms. The van der Waals surface area contributed by atoms with E-state index in [1.807, 2.05) is 25.1 Å². The Balaban J connectivity index is 1.21. The zero-order valence-corrected chi connectivity index (χ0v) is 32.0. The largest absolute Gasteiger partial charge is 0.487 e. The summed E-state index contributed by atoms with van der Waals surface area (Å²) >= 11 is 6.39. The van der Waals surface area contributed by atoms with Gasteiger partial charge < -0.3 is 24.4 Å². The number of sulfonamides is 1. The first-order chi connectivity index (χ1) is 24.4. The van der Waals surface area contributed by atoms with Crippen LogP contribution in [0.5, 0.6) is 5.75 Å². The summed E-state index contributed by atoms with van der Waals surface area (Å²) in [7, 11) is -3.94. The molecule has 1 amide bonds. The first-order valence-electron chi connectivity index (χ1n) is 19.3. The van der Waals surface area contributed by atoms with Gasteiger partial charge in [0.15, 0.2) is 0 Å². The van der Waals surface area contributed by atoms with Gasteiger partial charge in [0.1, 0.15) is 12.4 Å². The molecule has 0 unspecified atom stereocenters. The summed E-state index contributed by atoms with van der Waals surface area (Å²) in [4.78, 5) is 18.4. The van der Waals surface area contributed by atoms with Crippen molar-refractivity contribution >= 4 is 33.2 Å². The van der Waals surface area contributed by atoms with E-state index in [9.17, 15) is 18.3 Å². The molecule has 2 aromatic rings. The van der Waals surface area contributed by atoms with Gasteiger partial charge in [0, 0.05) is 36.8 Å². The molecule has 11 heteroatoms. The van der Waals surface area contributed by atoms with Crippen LogP contribution in [-0.4, -0.2) is 81.1 Å². The molecule has 9 nitrogen and oxygen atoms in total. The zero-order chi connectivity index (χ0) is 35.8. The molecule has 2 saturated heterocycles. The number of β-amino-alcohol motifs (C(OH)–C–C–N with tert-alkyl or cyclic N) is 1. The second kappa shape index (κ2) is 15.2. The van der Waals surface area contributed by atoms with Crippen LogP contribution in [0, 0.1) is 23.2 Å². The second-order valence-corrected chi connectivity index (χ2v) is 18.9. The Bertz CT molecular complexity index is 1670. The summed E-state index contributed by atoms with van der Waals surface area (Å²) in [6.07, 6.45) is 10.2. The molecule has 2 bridgehead atoms. The third-order valence-corrected chi connectivity index (χ3v) is 15.3. The number of hydrogen-bond donors (Lipinski definition) is 2. The Morgan fingerprint density at radius 2 is 1.78 bits per heavy atom. The first-order valence-corrected chi connectivity index (χ1v) is 21.2. The average molecular weight is 742 g/mol. The van der Waals surface area contributed by atoms with E-state index in [2.05, 4.69) is 14.5 Å². The van der Waals surface area contributed by atoms with E-state index in [4.69, 9.17) is 21.1 Å². The van der Waals surface area contributed by atoms with Gasteiger partial charge in [-0.25, -0.2) is 13.1 Å².